The van der Waals surface area contributed by atoms with E-state index in [4.69, 9.17) is 4.74 Å². The molecule has 1 aromatic carbocycles. The molecular formula is C15H22N2O2. The van der Waals surface area contributed by atoms with Crippen LogP contribution in [-0.4, -0.2) is 25.6 Å². The Morgan fingerprint density at radius 1 is 1.37 bits per heavy atom. The van der Waals surface area contributed by atoms with Crippen molar-refractivity contribution < 1.29 is 9.53 Å². The third-order valence-corrected chi connectivity index (χ3v) is 2.77. The number of carbonyl (C=O) groups is 1. The molecule has 0 radical (unpaired) electrons. The van der Waals surface area contributed by atoms with E-state index in [0.717, 1.165) is 12.0 Å². The lowest BCUT2D eigenvalue weighted by Crippen LogP contribution is -2.32. The van der Waals surface area contributed by atoms with E-state index in [1.807, 2.05) is 25.1 Å². The number of amidine groups is 1. The van der Waals surface area contributed by atoms with Crippen LogP contribution in [-0.2, 0) is 4.74 Å². The Balaban J connectivity index is 2.66. The molecule has 0 spiro atoms. The van der Waals surface area contributed by atoms with Crippen LogP contribution in [0, 0.1) is 12.8 Å². The molecule has 104 valence electrons. The van der Waals surface area contributed by atoms with Gasteiger partial charge in [0.1, 0.15) is 0 Å². The van der Waals surface area contributed by atoms with Crippen LogP contribution in [0.4, 0.5) is 0 Å². The lowest BCUT2D eigenvalue weighted by Gasteiger charge is -2.09. The number of methoxy groups -OCH3 is 1. The standard InChI is InChI=1S/C15H22N2O2/c1-11(2)9-10-16-15(19-4)17-14(18)13-8-6-5-7-12(13)3/h5-8,11H,9-10H2,1-4H3,(H,16,17,18). The van der Waals surface area contributed by atoms with Crippen LogP contribution >= 0.6 is 0 Å². The van der Waals surface area contributed by atoms with E-state index >= 15 is 0 Å². The number of nitrogens with zero attached hydrogens (tertiary/aromatic N) is 1. The smallest absolute Gasteiger partial charge is 0.291 e. The summed E-state index contributed by atoms with van der Waals surface area (Å²) in [5.41, 5.74) is 1.56. The van der Waals surface area contributed by atoms with Gasteiger partial charge >= 0.3 is 0 Å². The molecule has 1 N–H and O–H groups in total. The van der Waals surface area contributed by atoms with Crippen LogP contribution < -0.4 is 5.32 Å². The lowest BCUT2D eigenvalue weighted by atomic mass is 10.1. The fourth-order valence-electron chi connectivity index (χ4n) is 1.57. The van der Waals surface area contributed by atoms with Crippen molar-refractivity contribution in [3.63, 3.8) is 0 Å². The summed E-state index contributed by atoms with van der Waals surface area (Å²) < 4.78 is 5.08. The highest BCUT2D eigenvalue weighted by atomic mass is 16.5. The van der Waals surface area contributed by atoms with Gasteiger partial charge in [0.25, 0.3) is 11.9 Å². The van der Waals surface area contributed by atoms with Crippen molar-refractivity contribution in [1.82, 2.24) is 5.32 Å². The summed E-state index contributed by atoms with van der Waals surface area (Å²) in [7, 11) is 1.51. The van der Waals surface area contributed by atoms with Gasteiger partial charge in [0, 0.05) is 12.1 Å². The molecule has 0 fully saturated rings. The Morgan fingerprint density at radius 3 is 2.63 bits per heavy atom. The number of hydrogen-bond acceptors (Lipinski definition) is 3. The summed E-state index contributed by atoms with van der Waals surface area (Å²) in [5, 5.41) is 2.69. The van der Waals surface area contributed by atoms with Crippen LogP contribution in [0.15, 0.2) is 29.3 Å². The maximum atomic E-state index is 12.1. The molecule has 0 bridgehead atoms. The summed E-state index contributed by atoms with van der Waals surface area (Å²) in [4.78, 5) is 16.3. The Kier molecular flexibility index (Phi) is 6.06. The molecule has 0 unspecified atom stereocenters. The van der Waals surface area contributed by atoms with Gasteiger partial charge in [-0.15, -0.1) is 0 Å². The molecule has 1 aromatic rings. The van der Waals surface area contributed by atoms with Crippen molar-refractivity contribution in [2.24, 2.45) is 10.9 Å². The van der Waals surface area contributed by atoms with E-state index in [1.54, 1.807) is 6.07 Å². The molecule has 1 rings (SSSR count). The Morgan fingerprint density at radius 2 is 2.05 bits per heavy atom. The monoisotopic (exact) mass is 262 g/mol. The van der Waals surface area contributed by atoms with Gasteiger partial charge in [-0.3, -0.25) is 10.1 Å². The highest BCUT2D eigenvalue weighted by molar-refractivity contribution is 6.04. The number of ether oxygens (including phenoxy) is 1. The summed E-state index contributed by atoms with van der Waals surface area (Å²) in [6.07, 6.45) is 0.965. The Labute approximate surface area is 114 Å². The van der Waals surface area contributed by atoms with Crippen molar-refractivity contribution in [2.75, 3.05) is 13.7 Å². The van der Waals surface area contributed by atoms with E-state index in [9.17, 15) is 4.79 Å². The minimum absolute atomic E-state index is 0.191. The highest BCUT2D eigenvalue weighted by Gasteiger charge is 2.10. The number of carbonyl (C=O) groups excluding carboxylic acids is 1. The Hall–Kier alpha value is -1.84. The number of hydrogen-bond donors (Lipinski definition) is 1. The highest BCUT2D eigenvalue weighted by Crippen LogP contribution is 2.06. The van der Waals surface area contributed by atoms with Crippen molar-refractivity contribution in [3.8, 4) is 0 Å². The van der Waals surface area contributed by atoms with Gasteiger partial charge in [0.2, 0.25) is 0 Å². The third-order valence-electron chi connectivity index (χ3n) is 2.77. The van der Waals surface area contributed by atoms with Crippen LogP contribution in [0.1, 0.15) is 36.2 Å². The van der Waals surface area contributed by atoms with Crippen molar-refractivity contribution in [1.29, 1.82) is 0 Å². The summed E-state index contributed by atoms with van der Waals surface area (Å²) >= 11 is 0. The van der Waals surface area contributed by atoms with Gasteiger partial charge < -0.3 is 4.74 Å². The topological polar surface area (TPSA) is 50.7 Å². The number of nitrogens with one attached hydrogen (secondary N) is 1. The minimum atomic E-state index is -0.191. The zero-order valence-corrected chi connectivity index (χ0v) is 12.1. The van der Waals surface area contributed by atoms with Gasteiger partial charge in [-0.1, -0.05) is 32.0 Å². The van der Waals surface area contributed by atoms with Crippen molar-refractivity contribution >= 4 is 11.9 Å². The van der Waals surface area contributed by atoms with E-state index in [2.05, 4.69) is 24.2 Å². The van der Waals surface area contributed by atoms with Gasteiger partial charge in [0.05, 0.1) is 7.11 Å². The van der Waals surface area contributed by atoms with Crippen molar-refractivity contribution in [3.05, 3.63) is 35.4 Å². The number of aliphatic imine (C=N–C) groups is 1. The maximum absolute atomic E-state index is 12.1. The molecule has 4 heteroatoms. The number of benzene rings is 1. The minimum Gasteiger partial charge on any atom is -0.468 e. The number of amides is 1. The fourth-order valence-corrected chi connectivity index (χ4v) is 1.57. The predicted molar refractivity (Wildman–Crippen MR) is 77.4 cm³/mol. The average molecular weight is 262 g/mol. The molecule has 0 aliphatic heterocycles. The maximum Gasteiger partial charge on any atom is 0.291 e. The summed E-state index contributed by atoms with van der Waals surface area (Å²) in [5.74, 6) is 0.386. The van der Waals surface area contributed by atoms with Crippen LogP contribution in [0.2, 0.25) is 0 Å². The molecule has 0 aliphatic rings. The molecule has 0 atom stereocenters. The molecule has 1 amide bonds. The fraction of sp³-hybridized carbons (Fsp3) is 0.467. The predicted octanol–water partition coefficient (Wildman–Crippen LogP) is 2.77. The number of aryl methyl sites for hydroxylation is 1. The van der Waals surface area contributed by atoms with Gasteiger partial charge in [-0.05, 0) is 30.9 Å². The second-order valence-electron chi connectivity index (χ2n) is 4.84. The molecular weight excluding hydrogens is 240 g/mol. The van der Waals surface area contributed by atoms with Gasteiger partial charge in [0.15, 0.2) is 0 Å². The van der Waals surface area contributed by atoms with E-state index in [0.29, 0.717) is 18.0 Å². The molecule has 19 heavy (non-hydrogen) atoms. The summed E-state index contributed by atoms with van der Waals surface area (Å²) in [6, 6.07) is 7.70. The zero-order valence-electron chi connectivity index (χ0n) is 12.1. The molecule has 0 saturated heterocycles. The lowest BCUT2D eigenvalue weighted by molar-refractivity contribution is 0.0968. The quantitative estimate of drug-likeness (QED) is 0.670. The first-order valence-corrected chi connectivity index (χ1v) is 6.50. The van der Waals surface area contributed by atoms with Crippen LogP contribution in [0.25, 0.3) is 0 Å². The SMILES string of the molecule is COC(=NCCC(C)C)NC(=O)c1ccccc1C. The molecule has 4 nitrogen and oxygen atoms in total. The van der Waals surface area contributed by atoms with E-state index < -0.39 is 0 Å². The second kappa shape index (κ2) is 7.56. The van der Waals surface area contributed by atoms with E-state index in [1.165, 1.54) is 7.11 Å². The summed E-state index contributed by atoms with van der Waals surface area (Å²) in [6.45, 7) is 6.81. The van der Waals surface area contributed by atoms with Crippen LogP contribution in [0.5, 0.6) is 0 Å². The third kappa shape index (κ3) is 5.12. The molecule has 0 aromatic heterocycles. The first kappa shape index (κ1) is 15.2. The molecule has 0 saturated carbocycles. The second-order valence-corrected chi connectivity index (χ2v) is 4.84. The average Bonchev–Trinajstić information content (AvgIpc) is 2.37. The molecule has 0 heterocycles. The van der Waals surface area contributed by atoms with Crippen LogP contribution in [0.3, 0.4) is 0 Å². The van der Waals surface area contributed by atoms with Crippen molar-refractivity contribution in [2.45, 2.75) is 27.2 Å². The largest absolute Gasteiger partial charge is 0.468 e. The van der Waals surface area contributed by atoms with E-state index in [-0.39, 0.29) is 11.9 Å². The van der Waals surface area contributed by atoms with Gasteiger partial charge in [-0.2, -0.15) is 0 Å². The normalized spacial score (nSPS) is 11.5. The first-order valence-electron chi connectivity index (χ1n) is 6.50. The zero-order chi connectivity index (χ0) is 14.3. The van der Waals surface area contributed by atoms with Gasteiger partial charge in [-0.25, -0.2) is 4.99 Å². The Bertz CT molecular complexity index is 453. The number of rotatable bonds is 4. The molecule has 0 aliphatic carbocycles. The first-order chi connectivity index (χ1) is 9.04.